The Labute approximate surface area is 226 Å². The summed E-state index contributed by atoms with van der Waals surface area (Å²) in [4.78, 5) is 26.5. The largest absolute Gasteiger partial charge is 0.493 e. The van der Waals surface area contributed by atoms with Gasteiger partial charge < -0.3 is 30.3 Å². The summed E-state index contributed by atoms with van der Waals surface area (Å²) in [6.07, 6.45) is 2.05. The summed E-state index contributed by atoms with van der Waals surface area (Å²) in [5.74, 6) is 0.0985. The maximum atomic E-state index is 15.3. The van der Waals surface area contributed by atoms with E-state index in [1.807, 2.05) is 24.0 Å². The second-order valence-corrected chi connectivity index (χ2v) is 9.87. The Morgan fingerprint density at radius 1 is 1.21 bits per heavy atom. The molecule has 10 nitrogen and oxygen atoms in total. The number of hydrogen-bond acceptors (Lipinski definition) is 9. The number of amides is 1. The zero-order valence-electron chi connectivity index (χ0n) is 22.3. The second kappa shape index (κ2) is 10.9. The Morgan fingerprint density at radius 2 is 1.90 bits per heavy atom. The number of nitrogens with zero attached hydrogens (tertiary/aromatic N) is 5. The lowest BCUT2D eigenvalue weighted by atomic mass is 10.0. The van der Waals surface area contributed by atoms with E-state index in [4.69, 9.17) is 20.5 Å². The van der Waals surface area contributed by atoms with Crippen LogP contribution in [0, 0.1) is 17.1 Å². The molecule has 5 rings (SSSR count). The molecule has 2 saturated heterocycles. The maximum absolute atomic E-state index is 15.3. The lowest BCUT2D eigenvalue weighted by molar-refractivity contribution is -0.132. The van der Waals surface area contributed by atoms with E-state index in [-0.39, 0.29) is 46.9 Å². The third-order valence-corrected chi connectivity index (χ3v) is 7.63. The number of hydrogen-bond donors (Lipinski definition) is 2. The molecule has 0 saturated carbocycles. The zero-order valence-corrected chi connectivity index (χ0v) is 22.3. The number of ether oxygens (including phenoxy) is 2. The molecule has 2 aliphatic heterocycles. The highest BCUT2D eigenvalue weighted by Crippen LogP contribution is 2.40. The number of likely N-dealkylation sites (tertiary alicyclic amines) is 1. The van der Waals surface area contributed by atoms with Crippen LogP contribution in [0.2, 0.25) is 0 Å². The van der Waals surface area contributed by atoms with Gasteiger partial charge in [0.2, 0.25) is 11.9 Å². The molecule has 3 unspecified atom stereocenters. The first-order chi connectivity index (χ1) is 18.9. The molecule has 3 heterocycles. The minimum atomic E-state index is -0.652. The van der Waals surface area contributed by atoms with Crippen LogP contribution in [-0.2, 0) is 4.79 Å². The first-order valence-electron chi connectivity index (χ1n) is 13.1. The zero-order chi connectivity index (χ0) is 27.7. The topological polar surface area (TPSA) is 130 Å². The molecule has 2 aromatic carbocycles. The number of nitrogens with two attached hydrogens (primary N) is 1. The SMILES string of the molecule is CCNC(CC(=O)N1CC2CCC(C1)N2c1nc(N)c2cc(OC)c(OC)c(F)c2n1)c1ccc(C#N)cc1. The van der Waals surface area contributed by atoms with Crippen LogP contribution >= 0.6 is 0 Å². The van der Waals surface area contributed by atoms with Crippen molar-refractivity contribution in [3.63, 3.8) is 0 Å². The number of carbonyl (C=O) groups excluding carboxylic acids is 1. The molecule has 11 heteroatoms. The molecule has 2 fully saturated rings. The monoisotopic (exact) mass is 533 g/mol. The number of halogens is 1. The average molecular weight is 534 g/mol. The van der Waals surface area contributed by atoms with Gasteiger partial charge in [0.15, 0.2) is 17.3 Å². The van der Waals surface area contributed by atoms with E-state index in [2.05, 4.69) is 26.3 Å². The van der Waals surface area contributed by atoms with Crippen LogP contribution in [0.3, 0.4) is 0 Å². The maximum Gasteiger partial charge on any atom is 0.228 e. The van der Waals surface area contributed by atoms with Crippen molar-refractivity contribution in [1.29, 1.82) is 5.26 Å². The van der Waals surface area contributed by atoms with Crippen molar-refractivity contribution in [3.05, 3.63) is 47.3 Å². The average Bonchev–Trinajstić information content (AvgIpc) is 3.21. The number of aromatic nitrogens is 2. The molecule has 0 aliphatic carbocycles. The standard InChI is InChI=1S/C28H32FN7O3/c1-4-32-21(17-7-5-16(13-30)6-8-17)12-23(37)35-14-18-9-10-19(15-35)36(18)28-33-25-20(27(31)34-28)11-22(38-2)26(39-3)24(25)29/h5-8,11,18-19,21,32H,4,9-10,12,14-15H2,1-3H3,(H2,31,33,34). The molecule has 0 radical (unpaired) electrons. The first-order valence-corrected chi connectivity index (χ1v) is 13.1. The van der Waals surface area contributed by atoms with Crippen LogP contribution in [0.15, 0.2) is 30.3 Å². The summed E-state index contributed by atoms with van der Waals surface area (Å²) >= 11 is 0. The van der Waals surface area contributed by atoms with Gasteiger partial charge in [-0.1, -0.05) is 19.1 Å². The number of nitrogens with one attached hydrogen (secondary N) is 1. The van der Waals surface area contributed by atoms with Crippen LogP contribution in [-0.4, -0.2) is 66.7 Å². The van der Waals surface area contributed by atoms with Gasteiger partial charge in [-0.25, -0.2) is 9.37 Å². The summed E-state index contributed by atoms with van der Waals surface area (Å²) in [5.41, 5.74) is 7.89. The van der Waals surface area contributed by atoms with Crippen molar-refractivity contribution >= 4 is 28.6 Å². The number of piperazine rings is 1. The summed E-state index contributed by atoms with van der Waals surface area (Å²) < 4.78 is 25.8. The number of nitriles is 1. The van der Waals surface area contributed by atoms with Crippen molar-refractivity contribution in [1.82, 2.24) is 20.2 Å². The number of rotatable bonds is 8. The van der Waals surface area contributed by atoms with E-state index < -0.39 is 5.82 Å². The Balaban J connectivity index is 1.36. The number of fused-ring (bicyclic) bond motifs is 3. The molecular weight excluding hydrogens is 501 g/mol. The Kier molecular flexibility index (Phi) is 7.39. The van der Waals surface area contributed by atoms with Crippen molar-refractivity contribution in [2.45, 2.75) is 44.3 Å². The minimum Gasteiger partial charge on any atom is -0.493 e. The van der Waals surface area contributed by atoms with Crippen molar-refractivity contribution in [2.75, 3.05) is 44.5 Å². The normalized spacial score (nSPS) is 19.2. The molecule has 1 amide bonds. The minimum absolute atomic E-state index is 0.000233. The smallest absolute Gasteiger partial charge is 0.228 e. The van der Waals surface area contributed by atoms with E-state index in [1.165, 1.54) is 14.2 Å². The summed E-state index contributed by atoms with van der Waals surface area (Å²) in [7, 11) is 2.80. The van der Waals surface area contributed by atoms with Crippen LogP contribution < -0.4 is 25.4 Å². The second-order valence-electron chi connectivity index (χ2n) is 9.87. The molecule has 204 valence electrons. The highest BCUT2D eigenvalue weighted by atomic mass is 19.1. The third kappa shape index (κ3) is 4.88. The molecule has 0 spiro atoms. The lowest BCUT2D eigenvalue weighted by Gasteiger charge is -2.41. The van der Waals surface area contributed by atoms with Crippen LogP contribution in [0.25, 0.3) is 10.9 Å². The van der Waals surface area contributed by atoms with E-state index >= 15 is 4.39 Å². The molecule has 3 aromatic rings. The van der Waals surface area contributed by atoms with Gasteiger partial charge in [-0.3, -0.25) is 4.79 Å². The summed E-state index contributed by atoms with van der Waals surface area (Å²) in [6, 6.07) is 10.9. The number of benzene rings is 2. The quantitative estimate of drug-likeness (QED) is 0.448. The number of nitrogen functional groups attached to an aromatic ring is 1. The fourth-order valence-corrected chi connectivity index (χ4v) is 5.73. The molecule has 39 heavy (non-hydrogen) atoms. The molecule has 3 N–H and O–H groups in total. The van der Waals surface area contributed by atoms with Crippen LogP contribution in [0.1, 0.15) is 43.4 Å². The summed E-state index contributed by atoms with van der Waals surface area (Å²) in [5, 5.41) is 12.8. The molecule has 1 aromatic heterocycles. The van der Waals surface area contributed by atoms with Gasteiger partial charge >= 0.3 is 0 Å². The van der Waals surface area contributed by atoms with E-state index in [0.717, 1.165) is 18.4 Å². The van der Waals surface area contributed by atoms with Crippen molar-refractivity contribution < 1.29 is 18.7 Å². The van der Waals surface area contributed by atoms with Crippen LogP contribution in [0.4, 0.5) is 16.2 Å². The third-order valence-electron chi connectivity index (χ3n) is 7.63. The molecular formula is C28H32FN7O3. The number of anilines is 2. The lowest BCUT2D eigenvalue weighted by Crippen LogP contribution is -2.56. The number of carbonyl (C=O) groups is 1. The predicted molar refractivity (Wildman–Crippen MR) is 145 cm³/mol. The van der Waals surface area contributed by atoms with E-state index in [0.29, 0.717) is 43.0 Å². The van der Waals surface area contributed by atoms with E-state index in [1.54, 1.807) is 18.2 Å². The highest BCUT2D eigenvalue weighted by Gasteiger charge is 2.43. The van der Waals surface area contributed by atoms with Gasteiger partial charge in [0.05, 0.1) is 25.9 Å². The highest BCUT2D eigenvalue weighted by molar-refractivity contribution is 5.92. The predicted octanol–water partition coefficient (Wildman–Crippen LogP) is 3.16. The number of methoxy groups -OCH3 is 2. The Bertz CT molecular complexity index is 1410. The van der Waals surface area contributed by atoms with Gasteiger partial charge in [-0.05, 0) is 43.1 Å². The fourth-order valence-electron chi connectivity index (χ4n) is 5.73. The van der Waals surface area contributed by atoms with Crippen molar-refractivity contribution in [3.8, 4) is 17.6 Å². The first kappa shape index (κ1) is 26.4. The Morgan fingerprint density at radius 3 is 2.49 bits per heavy atom. The van der Waals surface area contributed by atoms with Crippen LogP contribution in [0.5, 0.6) is 11.5 Å². The van der Waals surface area contributed by atoms with Gasteiger partial charge in [0, 0.05) is 43.0 Å². The van der Waals surface area contributed by atoms with Gasteiger partial charge in [-0.2, -0.15) is 10.2 Å². The fraction of sp³-hybridized carbons (Fsp3) is 0.429. The van der Waals surface area contributed by atoms with E-state index in [9.17, 15) is 4.79 Å². The Hall–Kier alpha value is -4.17. The van der Waals surface area contributed by atoms with Gasteiger partial charge in [0.25, 0.3) is 0 Å². The van der Waals surface area contributed by atoms with Gasteiger partial charge in [-0.15, -0.1) is 0 Å². The summed E-state index contributed by atoms with van der Waals surface area (Å²) in [6.45, 7) is 3.77. The van der Waals surface area contributed by atoms with Crippen molar-refractivity contribution in [2.24, 2.45) is 0 Å². The molecule has 2 aliphatic rings. The molecule has 3 atom stereocenters. The van der Waals surface area contributed by atoms with Gasteiger partial charge in [0.1, 0.15) is 11.3 Å². The molecule has 2 bridgehead atoms.